The molecule has 1 fully saturated rings. The van der Waals surface area contributed by atoms with E-state index in [0.29, 0.717) is 11.3 Å². The molecule has 0 unspecified atom stereocenters. The van der Waals surface area contributed by atoms with E-state index in [-0.39, 0.29) is 5.91 Å². The van der Waals surface area contributed by atoms with E-state index in [9.17, 15) is 4.79 Å². The highest BCUT2D eigenvalue weighted by Gasteiger charge is 2.14. The second kappa shape index (κ2) is 8.75. The Kier molecular flexibility index (Phi) is 5.72. The lowest BCUT2D eigenvalue weighted by Gasteiger charge is -2.30. The smallest absolute Gasteiger partial charge is 0.255 e. The van der Waals surface area contributed by atoms with Gasteiger partial charge in [-0.1, -0.05) is 29.8 Å². The van der Waals surface area contributed by atoms with Gasteiger partial charge in [-0.15, -0.1) is 0 Å². The van der Waals surface area contributed by atoms with Gasteiger partial charge in [0.15, 0.2) is 0 Å². The third kappa shape index (κ3) is 4.73. The van der Waals surface area contributed by atoms with Crippen molar-refractivity contribution < 1.29 is 9.53 Å². The molecule has 1 aromatic heterocycles. The predicted octanol–water partition coefficient (Wildman–Crippen LogP) is 4.22. The highest BCUT2D eigenvalue weighted by molar-refractivity contribution is 6.04. The highest BCUT2D eigenvalue weighted by Crippen LogP contribution is 2.29. The number of rotatable bonds is 5. The number of nitrogens with zero attached hydrogens (tertiary/aromatic N) is 2. The van der Waals surface area contributed by atoms with Crippen LogP contribution in [0.3, 0.4) is 0 Å². The van der Waals surface area contributed by atoms with E-state index in [1.807, 2.05) is 61.5 Å². The van der Waals surface area contributed by atoms with Gasteiger partial charge in [0.05, 0.1) is 36.5 Å². The van der Waals surface area contributed by atoms with Gasteiger partial charge >= 0.3 is 0 Å². The van der Waals surface area contributed by atoms with Crippen molar-refractivity contribution in [3.63, 3.8) is 0 Å². The summed E-state index contributed by atoms with van der Waals surface area (Å²) in [5.74, 6) is 0.573. The van der Waals surface area contributed by atoms with Gasteiger partial charge in [-0.3, -0.25) is 4.79 Å². The van der Waals surface area contributed by atoms with E-state index in [2.05, 4.69) is 26.6 Å². The van der Waals surface area contributed by atoms with Crippen LogP contribution in [-0.4, -0.2) is 37.2 Å². The Morgan fingerprint density at radius 1 is 1.00 bits per heavy atom. The van der Waals surface area contributed by atoms with Crippen molar-refractivity contribution in [2.75, 3.05) is 41.8 Å². The molecule has 4 rings (SSSR count). The summed E-state index contributed by atoms with van der Waals surface area (Å²) >= 11 is 0. The summed E-state index contributed by atoms with van der Waals surface area (Å²) in [5, 5.41) is 6.26. The van der Waals surface area contributed by atoms with Gasteiger partial charge in [-0.2, -0.15) is 0 Å². The molecular weight excluding hydrogens is 364 g/mol. The molecule has 0 atom stereocenters. The Morgan fingerprint density at radius 2 is 1.76 bits per heavy atom. The Balaban J connectivity index is 1.43. The van der Waals surface area contributed by atoms with Crippen molar-refractivity contribution >= 4 is 28.8 Å². The maximum atomic E-state index is 12.4. The average Bonchev–Trinajstić information content (AvgIpc) is 2.76. The molecule has 1 aliphatic rings. The van der Waals surface area contributed by atoms with Gasteiger partial charge in [0, 0.05) is 18.7 Å². The molecule has 1 saturated heterocycles. The van der Waals surface area contributed by atoms with Crippen LogP contribution in [0.1, 0.15) is 15.9 Å². The monoisotopic (exact) mass is 388 g/mol. The summed E-state index contributed by atoms with van der Waals surface area (Å²) in [7, 11) is 0. The minimum atomic E-state index is -0.148. The number of anilines is 4. The van der Waals surface area contributed by atoms with Crippen molar-refractivity contribution in [2.45, 2.75) is 6.92 Å². The maximum absolute atomic E-state index is 12.4. The van der Waals surface area contributed by atoms with Crippen LogP contribution < -0.4 is 15.5 Å². The SMILES string of the molecule is Cc1ccc(C(=O)Nc2ccc(Nc3ccccc3N3CCOCC3)nc2)cc1. The van der Waals surface area contributed by atoms with Gasteiger partial charge in [-0.25, -0.2) is 4.98 Å². The number of para-hydroxylation sites is 2. The minimum Gasteiger partial charge on any atom is -0.378 e. The van der Waals surface area contributed by atoms with Crippen molar-refractivity contribution in [1.29, 1.82) is 0 Å². The highest BCUT2D eigenvalue weighted by atomic mass is 16.5. The lowest BCUT2D eigenvalue weighted by molar-refractivity contribution is 0.102. The number of pyridine rings is 1. The van der Waals surface area contributed by atoms with E-state index >= 15 is 0 Å². The third-order valence-electron chi connectivity index (χ3n) is 4.85. The van der Waals surface area contributed by atoms with E-state index in [1.54, 1.807) is 6.20 Å². The molecule has 3 aromatic rings. The van der Waals surface area contributed by atoms with E-state index in [4.69, 9.17) is 4.74 Å². The summed E-state index contributed by atoms with van der Waals surface area (Å²) in [4.78, 5) is 19.1. The van der Waals surface area contributed by atoms with Crippen molar-refractivity contribution in [3.05, 3.63) is 78.0 Å². The molecule has 2 aromatic carbocycles. The van der Waals surface area contributed by atoms with Gasteiger partial charge in [-0.05, 0) is 43.3 Å². The quantitative estimate of drug-likeness (QED) is 0.685. The van der Waals surface area contributed by atoms with Crippen LogP contribution in [0.4, 0.5) is 22.9 Å². The maximum Gasteiger partial charge on any atom is 0.255 e. The molecule has 0 bridgehead atoms. The van der Waals surface area contributed by atoms with E-state index in [0.717, 1.165) is 49.1 Å². The molecule has 2 N–H and O–H groups in total. The Morgan fingerprint density at radius 3 is 2.48 bits per heavy atom. The first-order chi connectivity index (χ1) is 14.2. The second-order valence-electron chi connectivity index (χ2n) is 6.99. The largest absolute Gasteiger partial charge is 0.378 e. The molecule has 6 heteroatoms. The fraction of sp³-hybridized carbons (Fsp3) is 0.217. The molecule has 0 spiro atoms. The summed E-state index contributed by atoms with van der Waals surface area (Å²) in [5.41, 5.74) is 4.53. The van der Waals surface area contributed by atoms with Crippen LogP contribution >= 0.6 is 0 Å². The first-order valence-electron chi connectivity index (χ1n) is 9.72. The number of benzene rings is 2. The van der Waals surface area contributed by atoms with Crippen LogP contribution in [0, 0.1) is 6.92 Å². The third-order valence-corrected chi connectivity index (χ3v) is 4.85. The normalized spacial score (nSPS) is 13.8. The van der Waals surface area contributed by atoms with Crippen LogP contribution in [-0.2, 0) is 4.74 Å². The second-order valence-corrected chi connectivity index (χ2v) is 6.99. The number of carbonyl (C=O) groups is 1. The number of morpholine rings is 1. The number of aryl methyl sites for hydroxylation is 1. The van der Waals surface area contributed by atoms with Crippen LogP contribution in [0.15, 0.2) is 66.9 Å². The molecule has 0 saturated carbocycles. The zero-order valence-corrected chi connectivity index (χ0v) is 16.4. The minimum absolute atomic E-state index is 0.148. The lowest BCUT2D eigenvalue weighted by Crippen LogP contribution is -2.36. The van der Waals surface area contributed by atoms with Crippen LogP contribution in [0.25, 0.3) is 0 Å². The standard InChI is InChI=1S/C23H24N4O2/c1-17-6-8-18(9-7-17)23(28)25-19-10-11-22(24-16-19)26-20-4-2-3-5-21(20)27-12-14-29-15-13-27/h2-11,16H,12-15H2,1H3,(H,24,26)(H,25,28). The number of nitrogens with one attached hydrogen (secondary N) is 2. The Labute approximate surface area is 170 Å². The molecule has 6 nitrogen and oxygen atoms in total. The molecule has 29 heavy (non-hydrogen) atoms. The zero-order chi connectivity index (χ0) is 20.1. The van der Waals surface area contributed by atoms with Crippen molar-refractivity contribution in [2.24, 2.45) is 0 Å². The number of hydrogen-bond donors (Lipinski definition) is 2. The molecular formula is C23H24N4O2. The van der Waals surface area contributed by atoms with Crippen molar-refractivity contribution in [3.8, 4) is 0 Å². The molecule has 1 aliphatic heterocycles. The Bertz CT molecular complexity index is 965. The molecule has 0 aliphatic carbocycles. The number of amides is 1. The molecule has 2 heterocycles. The van der Waals surface area contributed by atoms with Gasteiger partial charge in [0.1, 0.15) is 5.82 Å². The van der Waals surface area contributed by atoms with Crippen LogP contribution in [0.5, 0.6) is 0 Å². The summed E-state index contributed by atoms with van der Waals surface area (Å²) < 4.78 is 5.45. The predicted molar refractivity (Wildman–Crippen MR) is 116 cm³/mol. The molecule has 0 radical (unpaired) electrons. The van der Waals surface area contributed by atoms with Crippen LogP contribution in [0.2, 0.25) is 0 Å². The Hall–Kier alpha value is -3.38. The molecule has 1 amide bonds. The number of carbonyl (C=O) groups excluding carboxylic acids is 1. The number of ether oxygens (including phenoxy) is 1. The summed E-state index contributed by atoms with van der Waals surface area (Å²) in [6.07, 6.45) is 1.66. The fourth-order valence-corrected chi connectivity index (χ4v) is 3.25. The van der Waals surface area contributed by atoms with Gasteiger partial charge < -0.3 is 20.3 Å². The van der Waals surface area contributed by atoms with Crippen molar-refractivity contribution in [1.82, 2.24) is 4.98 Å². The number of hydrogen-bond acceptors (Lipinski definition) is 5. The number of aromatic nitrogens is 1. The topological polar surface area (TPSA) is 66.5 Å². The van der Waals surface area contributed by atoms with Gasteiger partial charge in [0.2, 0.25) is 0 Å². The zero-order valence-electron chi connectivity index (χ0n) is 16.4. The first kappa shape index (κ1) is 19.0. The average molecular weight is 388 g/mol. The summed E-state index contributed by atoms with van der Waals surface area (Å²) in [6, 6.07) is 19.4. The van der Waals surface area contributed by atoms with E-state index < -0.39 is 0 Å². The van der Waals surface area contributed by atoms with E-state index in [1.165, 1.54) is 0 Å². The summed E-state index contributed by atoms with van der Waals surface area (Å²) in [6.45, 7) is 5.21. The fourth-order valence-electron chi connectivity index (χ4n) is 3.25. The lowest BCUT2D eigenvalue weighted by atomic mass is 10.1. The molecule has 148 valence electrons. The first-order valence-corrected chi connectivity index (χ1v) is 9.72. The van der Waals surface area contributed by atoms with Gasteiger partial charge in [0.25, 0.3) is 5.91 Å².